The van der Waals surface area contributed by atoms with Gasteiger partial charge in [-0.15, -0.1) is 0 Å². The lowest BCUT2D eigenvalue weighted by atomic mass is 9.92. The Hall–Kier alpha value is -2.08. The van der Waals surface area contributed by atoms with Gasteiger partial charge in [-0.3, -0.25) is 9.59 Å². The minimum Gasteiger partial charge on any atom is -0.496 e. The number of nitrogens with zero attached hydrogens (tertiary/aromatic N) is 2. The number of hydrogen-bond acceptors (Lipinski definition) is 4. The molecule has 0 unspecified atom stereocenters. The summed E-state index contributed by atoms with van der Waals surface area (Å²) in [6, 6.07) is 5.95. The Balaban J connectivity index is 1.58. The van der Waals surface area contributed by atoms with Gasteiger partial charge in [0.15, 0.2) is 0 Å². The predicted octanol–water partition coefficient (Wildman–Crippen LogP) is 1.68. The second kappa shape index (κ2) is 8.08. The topological polar surface area (TPSA) is 61.9 Å². The van der Waals surface area contributed by atoms with Crippen LogP contribution in [0.5, 0.6) is 5.75 Å². The number of piperazine rings is 1. The molecule has 0 spiro atoms. The van der Waals surface area contributed by atoms with Gasteiger partial charge in [0.05, 0.1) is 7.11 Å². The summed E-state index contributed by atoms with van der Waals surface area (Å²) in [6.07, 6.45) is 1.81. The van der Waals surface area contributed by atoms with Crippen molar-refractivity contribution in [3.63, 3.8) is 0 Å². The number of piperidine rings is 1. The number of aryl methyl sites for hydroxylation is 1. The van der Waals surface area contributed by atoms with Crippen molar-refractivity contribution in [1.82, 2.24) is 15.1 Å². The van der Waals surface area contributed by atoms with E-state index < -0.39 is 0 Å². The van der Waals surface area contributed by atoms with Crippen LogP contribution in [0.15, 0.2) is 18.2 Å². The van der Waals surface area contributed by atoms with E-state index in [9.17, 15) is 9.59 Å². The summed E-state index contributed by atoms with van der Waals surface area (Å²) >= 11 is 0. The summed E-state index contributed by atoms with van der Waals surface area (Å²) in [5.41, 5.74) is 1.65. The van der Waals surface area contributed by atoms with Crippen molar-refractivity contribution in [1.29, 1.82) is 0 Å². The molecule has 2 atom stereocenters. The van der Waals surface area contributed by atoms with Crippen LogP contribution in [0.3, 0.4) is 0 Å². The van der Waals surface area contributed by atoms with Crippen LogP contribution in [0.1, 0.15) is 35.7 Å². The van der Waals surface area contributed by atoms with Crippen molar-refractivity contribution in [2.45, 2.75) is 32.7 Å². The van der Waals surface area contributed by atoms with E-state index in [0.29, 0.717) is 37.8 Å². The zero-order valence-electron chi connectivity index (χ0n) is 16.0. The summed E-state index contributed by atoms with van der Waals surface area (Å²) in [5.74, 6) is 1.10. The fourth-order valence-corrected chi connectivity index (χ4v) is 3.88. The third kappa shape index (κ3) is 4.01. The molecule has 6 heteroatoms. The van der Waals surface area contributed by atoms with Crippen molar-refractivity contribution >= 4 is 11.8 Å². The van der Waals surface area contributed by atoms with Gasteiger partial charge in [0.25, 0.3) is 5.91 Å². The highest BCUT2D eigenvalue weighted by Gasteiger charge is 2.31. The van der Waals surface area contributed by atoms with Crippen LogP contribution in [0, 0.1) is 12.8 Å². The van der Waals surface area contributed by atoms with Gasteiger partial charge in [-0.25, -0.2) is 0 Å². The lowest BCUT2D eigenvalue weighted by Gasteiger charge is -2.38. The molecule has 1 N–H and O–H groups in total. The fraction of sp³-hybridized carbons (Fsp3) is 0.600. The Morgan fingerprint density at radius 2 is 1.85 bits per heavy atom. The van der Waals surface area contributed by atoms with E-state index in [2.05, 4.69) is 12.2 Å². The second-order valence-electron chi connectivity index (χ2n) is 7.38. The number of carbonyl (C=O) groups excluding carboxylic acids is 2. The maximum absolute atomic E-state index is 12.8. The molecular formula is C20H29N3O3. The molecule has 142 valence electrons. The summed E-state index contributed by atoms with van der Waals surface area (Å²) in [6.45, 7) is 7.40. The van der Waals surface area contributed by atoms with Crippen LogP contribution >= 0.6 is 0 Å². The Kier molecular flexibility index (Phi) is 5.81. The highest BCUT2D eigenvalue weighted by atomic mass is 16.5. The van der Waals surface area contributed by atoms with Crippen LogP contribution in [-0.4, -0.2) is 67.5 Å². The lowest BCUT2D eigenvalue weighted by molar-refractivity contribution is -0.138. The summed E-state index contributed by atoms with van der Waals surface area (Å²) < 4.78 is 5.32. The first-order valence-corrected chi connectivity index (χ1v) is 9.45. The number of rotatable bonds is 3. The quantitative estimate of drug-likeness (QED) is 0.892. The van der Waals surface area contributed by atoms with Crippen LogP contribution in [-0.2, 0) is 4.79 Å². The zero-order valence-corrected chi connectivity index (χ0v) is 16.0. The molecule has 0 bridgehead atoms. The predicted molar refractivity (Wildman–Crippen MR) is 100 cm³/mol. The van der Waals surface area contributed by atoms with Gasteiger partial charge in [0.1, 0.15) is 5.75 Å². The van der Waals surface area contributed by atoms with Gasteiger partial charge in [-0.2, -0.15) is 0 Å². The minimum absolute atomic E-state index is 0.00545. The van der Waals surface area contributed by atoms with Crippen LogP contribution in [0.4, 0.5) is 0 Å². The first kappa shape index (κ1) is 18.7. The number of carbonyl (C=O) groups is 2. The monoisotopic (exact) mass is 359 g/mol. The number of ether oxygens (including phenoxy) is 1. The molecule has 2 fully saturated rings. The average molecular weight is 359 g/mol. The van der Waals surface area contributed by atoms with E-state index in [-0.39, 0.29) is 17.7 Å². The van der Waals surface area contributed by atoms with Gasteiger partial charge in [0, 0.05) is 43.7 Å². The maximum atomic E-state index is 12.8. The number of benzene rings is 1. The van der Waals surface area contributed by atoms with Gasteiger partial charge in [-0.05, 0) is 50.9 Å². The van der Waals surface area contributed by atoms with Crippen molar-refractivity contribution in [2.24, 2.45) is 5.92 Å². The van der Waals surface area contributed by atoms with E-state index in [4.69, 9.17) is 4.74 Å². The summed E-state index contributed by atoms with van der Waals surface area (Å²) in [7, 11) is 1.61. The summed E-state index contributed by atoms with van der Waals surface area (Å²) in [4.78, 5) is 29.3. The number of nitrogens with one attached hydrogen (secondary N) is 1. The molecule has 0 aromatic heterocycles. The van der Waals surface area contributed by atoms with Gasteiger partial charge >= 0.3 is 0 Å². The molecular weight excluding hydrogens is 330 g/mol. The molecule has 2 aliphatic heterocycles. The van der Waals surface area contributed by atoms with E-state index in [0.717, 1.165) is 30.7 Å². The molecule has 3 rings (SSSR count). The maximum Gasteiger partial charge on any atom is 0.254 e. The van der Waals surface area contributed by atoms with Crippen molar-refractivity contribution in [3.05, 3.63) is 29.3 Å². The van der Waals surface area contributed by atoms with Gasteiger partial charge in [-0.1, -0.05) is 6.07 Å². The third-order valence-corrected chi connectivity index (χ3v) is 5.51. The Morgan fingerprint density at radius 3 is 2.50 bits per heavy atom. The smallest absolute Gasteiger partial charge is 0.254 e. The highest BCUT2D eigenvalue weighted by Crippen LogP contribution is 2.22. The largest absolute Gasteiger partial charge is 0.496 e. The van der Waals surface area contributed by atoms with Gasteiger partial charge in [0.2, 0.25) is 5.91 Å². The highest BCUT2D eigenvalue weighted by molar-refractivity contribution is 5.95. The zero-order chi connectivity index (χ0) is 18.7. The standard InChI is InChI=1S/C20H29N3O3/c1-14-4-5-16(13-18(14)26-3)19(24)22-8-10-23(11-9-22)20(25)17-6-7-21-15(2)12-17/h4-5,13,15,17,21H,6-12H2,1-3H3/t15-,17-/m0/s1. The Bertz CT molecular complexity index is 668. The van der Waals surface area contributed by atoms with E-state index in [1.54, 1.807) is 13.2 Å². The van der Waals surface area contributed by atoms with Crippen molar-refractivity contribution < 1.29 is 14.3 Å². The number of methoxy groups -OCH3 is 1. The molecule has 1 aromatic rings. The van der Waals surface area contributed by atoms with Crippen molar-refractivity contribution in [2.75, 3.05) is 39.8 Å². The molecule has 0 radical (unpaired) electrons. The fourth-order valence-electron chi connectivity index (χ4n) is 3.88. The first-order valence-electron chi connectivity index (χ1n) is 9.45. The van der Waals surface area contributed by atoms with E-state index in [1.807, 2.05) is 28.9 Å². The first-order chi connectivity index (χ1) is 12.5. The third-order valence-electron chi connectivity index (χ3n) is 5.51. The second-order valence-corrected chi connectivity index (χ2v) is 7.38. The number of amides is 2. The van der Waals surface area contributed by atoms with E-state index in [1.165, 1.54) is 0 Å². The Labute approximate surface area is 155 Å². The average Bonchev–Trinajstić information content (AvgIpc) is 2.67. The molecule has 0 aliphatic carbocycles. The summed E-state index contributed by atoms with van der Waals surface area (Å²) in [5, 5.41) is 3.39. The molecule has 1 aromatic carbocycles. The molecule has 2 heterocycles. The molecule has 2 aliphatic rings. The van der Waals surface area contributed by atoms with Gasteiger partial charge < -0.3 is 19.9 Å². The lowest BCUT2D eigenvalue weighted by Crippen LogP contribution is -2.53. The molecule has 2 amide bonds. The molecule has 2 saturated heterocycles. The molecule has 6 nitrogen and oxygen atoms in total. The SMILES string of the molecule is COc1cc(C(=O)N2CCN(C(=O)[C@H]3CCN[C@@H](C)C3)CC2)ccc1C. The molecule has 26 heavy (non-hydrogen) atoms. The van der Waals surface area contributed by atoms with Crippen LogP contribution in [0.25, 0.3) is 0 Å². The molecule has 0 saturated carbocycles. The van der Waals surface area contributed by atoms with E-state index >= 15 is 0 Å². The normalized spacial score (nSPS) is 23.7. The Morgan fingerprint density at radius 1 is 1.15 bits per heavy atom. The minimum atomic E-state index is 0.00545. The van der Waals surface area contributed by atoms with Crippen LogP contribution in [0.2, 0.25) is 0 Å². The van der Waals surface area contributed by atoms with Crippen molar-refractivity contribution in [3.8, 4) is 5.75 Å². The number of hydrogen-bond donors (Lipinski definition) is 1. The van der Waals surface area contributed by atoms with Crippen LogP contribution < -0.4 is 10.1 Å².